The summed E-state index contributed by atoms with van der Waals surface area (Å²) in [6, 6.07) is 4.02. The van der Waals surface area contributed by atoms with Crippen LogP contribution >= 0.6 is 0 Å². The Labute approximate surface area is 107 Å². The molecule has 1 unspecified atom stereocenters. The summed E-state index contributed by atoms with van der Waals surface area (Å²) in [5, 5.41) is 0. The smallest absolute Gasteiger partial charge is 0.267 e. The molecule has 0 saturated carbocycles. The number of amides is 1. The van der Waals surface area contributed by atoms with Gasteiger partial charge in [0, 0.05) is 31.0 Å². The normalized spacial score (nSPS) is 20.5. The van der Waals surface area contributed by atoms with Gasteiger partial charge in [0.05, 0.1) is 0 Å². The summed E-state index contributed by atoms with van der Waals surface area (Å²) in [5.41, 5.74) is 12.4. The predicted octanol–water partition coefficient (Wildman–Crippen LogP) is 0.888. The van der Waals surface area contributed by atoms with Crippen molar-refractivity contribution in [1.82, 2.24) is 4.98 Å². The molecule has 1 amide bonds. The number of nitrogens with two attached hydrogens (primary N) is 2. The number of carbonyl (C=O) groups is 1. The highest BCUT2D eigenvalue weighted by molar-refractivity contribution is 5.91. The van der Waals surface area contributed by atoms with E-state index in [1.807, 2.05) is 6.07 Å². The molecule has 98 valence electrons. The number of anilines is 1. The molecular formula is C13H20N4O. The van der Waals surface area contributed by atoms with Crippen molar-refractivity contribution < 1.29 is 4.79 Å². The van der Waals surface area contributed by atoms with Gasteiger partial charge in [0.25, 0.3) is 5.91 Å². The topological polar surface area (TPSA) is 85.2 Å². The molecule has 1 aromatic rings. The third-order valence-corrected chi connectivity index (χ3v) is 3.48. The standard InChI is InChI=1S/C13H20N4O/c14-9-11-4-2-1-3-7-17(11)10-5-6-16-12(8-10)13(15)18/h5-6,8,11H,1-4,7,9,14H2,(H2,15,18). The Kier molecular flexibility index (Phi) is 4.15. The zero-order valence-electron chi connectivity index (χ0n) is 10.5. The minimum absolute atomic E-state index is 0.313. The highest BCUT2D eigenvalue weighted by Gasteiger charge is 2.20. The molecule has 2 rings (SSSR count). The van der Waals surface area contributed by atoms with Crippen LogP contribution in [0.25, 0.3) is 0 Å². The molecule has 5 nitrogen and oxygen atoms in total. The summed E-state index contributed by atoms with van der Waals surface area (Å²) in [7, 11) is 0. The van der Waals surface area contributed by atoms with E-state index in [0.29, 0.717) is 18.3 Å². The molecule has 1 saturated heterocycles. The van der Waals surface area contributed by atoms with Gasteiger partial charge >= 0.3 is 0 Å². The van der Waals surface area contributed by atoms with Gasteiger partial charge in [-0.3, -0.25) is 9.78 Å². The van der Waals surface area contributed by atoms with Crippen molar-refractivity contribution in [2.45, 2.75) is 31.7 Å². The van der Waals surface area contributed by atoms with Crippen LogP contribution in [0.2, 0.25) is 0 Å². The number of hydrogen-bond acceptors (Lipinski definition) is 4. The first kappa shape index (κ1) is 12.8. The summed E-state index contributed by atoms with van der Waals surface area (Å²) >= 11 is 0. The second-order valence-corrected chi connectivity index (χ2v) is 4.70. The summed E-state index contributed by atoms with van der Waals surface area (Å²) in [6.07, 6.45) is 6.34. The summed E-state index contributed by atoms with van der Waals surface area (Å²) in [5.74, 6) is -0.490. The molecule has 2 heterocycles. The third-order valence-electron chi connectivity index (χ3n) is 3.48. The molecule has 1 aliphatic heterocycles. The summed E-state index contributed by atoms with van der Waals surface area (Å²) in [4.78, 5) is 17.4. The summed E-state index contributed by atoms with van der Waals surface area (Å²) < 4.78 is 0. The highest BCUT2D eigenvalue weighted by atomic mass is 16.1. The molecule has 1 aromatic heterocycles. The van der Waals surface area contributed by atoms with Crippen LogP contribution in [0.15, 0.2) is 18.3 Å². The van der Waals surface area contributed by atoms with Crippen LogP contribution in [0.1, 0.15) is 36.2 Å². The zero-order chi connectivity index (χ0) is 13.0. The van der Waals surface area contributed by atoms with Gasteiger partial charge in [0.15, 0.2) is 0 Å². The van der Waals surface area contributed by atoms with Gasteiger partial charge in [-0.25, -0.2) is 0 Å². The molecule has 1 aliphatic rings. The second-order valence-electron chi connectivity index (χ2n) is 4.70. The number of nitrogens with zero attached hydrogens (tertiary/aromatic N) is 2. The average Bonchev–Trinajstić information content (AvgIpc) is 2.63. The number of aromatic nitrogens is 1. The van der Waals surface area contributed by atoms with E-state index in [1.54, 1.807) is 12.3 Å². The maximum absolute atomic E-state index is 11.2. The van der Waals surface area contributed by atoms with Gasteiger partial charge in [0.2, 0.25) is 0 Å². The first-order valence-electron chi connectivity index (χ1n) is 6.45. The van der Waals surface area contributed by atoms with Crippen LogP contribution in [0.4, 0.5) is 5.69 Å². The lowest BCUT2D eigenvalue weighted by atomic mass is 10.1. The van der Waals surface area contributed by atoms with Crippen LogP contribution in [0, 0.1) is 0 Å². The number of primary amides is 1. The van der Waals surface area contributed by atoms with Crippen molar-refractivity contribution in [3.8, 4) is 0 Å². The number of pyridine rings is 1. The van der Waals surface area contributed by atoms with Gasteiger partial charge in [0.1, 0.15) is 5.69 Å². The molecule has 4 N–H and O–H groups in total. The lowest BCUT2D eigenvalue weighted by Crippen LogP contribution is -2.40. The zero-order valence-corrected chi connectivity index (χ0v) is 10.5. The van der Waals surface area contributed by atoms with E-state index in [0.717, 1.165) is 25.1 Å². The number of rotatable bonds is 3. The van der Waals surface area contributed by atoms with E-state index in [-0.39, 0.29) is 0 Å². The molecule has 18 heavy (non-hydrogen) atoms. The van der Waals surface area contributed by atoms with Crippen molar-refractivity contribution in [2.24, 2.45) is 11.5 Å². The average molecular weight is 248 g/mol. The number of hydrogen-bond donors (Lipinski definition) is 2. The van der Waals surface area contributed by atoms with Crippen LogP contribution in [-0.2, 0) is 0 Å². The van der Waals surface area contributed by atoms with E-state index in [4.69, 9.17) is 11.5 Å². The molecule has 0 spiro atoms. The fourth-order valence-corrected chi connectivity index (χ4v) is 2.50. The van der Waals surface area contributed by atoms with E-state index in [1.165, 1.54) is 12.8 Å². The number of carbonyl (C=O) groups excluding carboxylic acids is 1. The SMILES string of the molecule is NCC1CCCCCN1c1ccnc(C(N)=O)c1. The first-order chi connectivity index (χ1) is 8.72. The largest absolute Gasteiger partial charge is 0.367 e. The molecule has 1 atom stereocenters. The van der Waals surface area contributed by atoms with Gasteiger partial charge in [-0.1, -0.05) is 12.8 Å². The maximum atomic E-state index is 11.2. The van der Waals surface area contributed by atoms with Crippen molar-refractivity contribution in [2.75, 3.05) is 18.0 Å². The lowest BCUT2D eigenvalue weighted by Gasteiger charge is -2.31. The lowest BCUT2D eigenvalue weighted by molar-refractivity contribution is 0.0995. The van der Waals surface area contributed by atoms with Gasteiger partial charge < -0.3 is 16.4 Å². The Morgan fingerprint density at radius 3 is 3.00 bits per heavy atom. The predicted molar refractivity (Wildman–Crippen MR) is 71.4 cm³/mol. The van der Waals surface area contributed by atoms with E-state index < -0.39 is 5.91 Å². The van der Waals surface area contributed by atoms with Gasteiger partial charge in [-0.15, -0.1) is 0 Å². The van der Waals surface area contributed by atoms with E-state index >= 15 is 0 Å². The Bertz CT molecular complexity index is 421. The van der Waals surface area contributed by atoms with Crippen LogP contribution in [0.5, 0.6) is 0 Å². The molecule has 5 heteroatoms. The Morgan fingerprint density at radius 2 is 2.28 bits per heavy atom. The van der Waals surface area contributed by atoms with Gasteiger partial charge in [-0.2, -0.15) is 0 Å². The van der Waals surface area contributed by atoms with Crippen molar-refractivity contribution in [1.29, 1.82) is 0 Å². The Hall–Kier alpha value is -1.62. The van der Waals surface area contributed by atoms with Crippen LogP contribution in [-0.4, -0.2) is 30.0 Å². The minimum Gasteiger partial charge on any atom is -0.367 e. The summed E-state index contributed by atoms with van der Waals surface area (Å²) in [6.45, 7) is 1.61. The Balaban J connectivity index is 2.26. The molecule has 0 aromatic carbocycles. The van der Waals surface area contributed by atoms with Crippen molar-refractivity contribution >= 4 is 11.6 Å². The van der Waals surface area contributed by atoms with E-state index in [2.05, 4.69) is 9.88 Å². The Morgan fingerprint density at radius 1 is 1.44 bits per heavy atom. The third kappa shape index (κ3) is 2.79. The maximum Gasteiger partial charge on any atom is 0.267 e. The van der Waals surface area contributed by atoms with E-state index in [9.17, 15) is 4.79 Å². The first-order valence-corrected chi connectivity index (χ1v) is 6.45. The molecular weight excluding hydrogens is 228 g/mol. The quantitative estimate of drug-likeness (QED) is 0.831. The molecule has 0 aliphatic carbocycles. The molecule has 0 radical (unpaired) electrons. The molecule has 1 fully saturated rings. The van der Waals surface area contributed by atoms with Crippen LogP contribution < -0.4 is 16.4 Å². The fourth-order valence-electron chi connectivity index (χ4n) is 2.50. The van der Waals surface area contributed by atoms with Crippen molar-refractivity contribution in [3.05, 3.63) is 24.0 Å². The van der Waals surface area contributed by atoms with Gasteiger partial charge in [-0.05, 0) is 25.0 Å². The second kappa shape index (κ2) is 5.82. The van der Waals surface area contributed by atoms with Crippen LogP contribution in [0.3, 0.4) is 0 Å². The fraction of sp³-hybridized carbons (Fsp3) is 0.538. The highest BCUT2D eigenvalue weighted by Crippen LogP contribution is 2.23. The monoisotopic (exact) mass is 248 g/mol. The van der Waals surface area contributed by atoms with Crippen molar-refractivity contribution in [3.63, 3.8) is 0 Å². The minimum atomic E-state index is -0.490. The molecule has 0 bridgehead atoms.